The van der Waals surface area contributed by atoms with Gasteiger partial charge in [-0.05, 0) is 24.1 Å². The molecule has 0 bridgehead atoms. The van der Waals surface area contributed by atoms with Gasteiger partial charge in [0.05, 0.1) is 12.7 Å². The topological polar surface area (TPSA) is 32.7 Å². The number of rotatable bonds is 9. The van der Waals surface area contributed by atoms with Crippen LogP contribution in [0.3, 0.4) is 0 Å². The molecule has 0 amide bonds. The van der Waals surface area contributed by atoms with Crippen LogP contribution < -0.4 is 0 Å². The van der Waals surface area contributed by atoms with Crippen LogP contribution in [0.1, 0.15) is 37.5 Å². The Balaban J connectivity index is 2.53. The van der Waals surface area contributed by atoms with E-state index in [1.54, 1.807) is 7.11 Å². The minimum absolute atomic E-state index is 0.424. The molecule has 0 spiro atoms. The predicted molar refractivity (Wildman–Crippen MR) is 79.4 cm³/mol. The average molecular weight is 265 g/mol. The molecular weight excluding hydrogens is 238 g/mol. The summed E-state index contributed by atoms with van der Waals surface area (Å²) in [7, 11) is 1.71. The molecule has 1 aromatic carbocycles. The van der Waals surface area contributed by atoms with Gasteiger partial charge in [0, 0.05) is 20.2 Å². The lowest BCUT2D eigenvalue weighted by Crippen LogP contribution is -2.31. The molecule has 0 aliphatic heterocycles. The summed E-state index contributed by atoms with van der Waals surface area (Å²) < 4.78 is 5.08. The number of hydrogen-bond acceptors (Lipinski definition) is 3. The van der Waals surface area contributed by atoms with E-state index in [4.69, 9.17) is 4.74 Å². The number of hydrogen-bond donors (Lipinski definition) is 1. The van der Waals surface area contributed by atoms with Crippen molar-refractivity contribution in [1.82, 2.24) is 4.90 Å². The Morgan fingerprint density at radius 2 is 1.89 bits per heavy atom. The van der Waals surface area contributed by atoms with Crippen molar-refractivity contribution in [2.24, 2.45) is 0 Å². The van der Waals surface area contributed by atoms with Gasteiger partial charge in [0.2, 0.25) is 0 Å². The van der Waals surface area contributed by atoms with Crippen LogP contribution in [-0.4, -0.2) is 43.4 Å². The number of aliphatic hydroxyl groups excluding tert-OH is 1. The van der Waals surface area contributed by atoms with Crippen LogP contribution in [0.15, 0.2) is 24.3 Å². The Morgan fingerprint density at radius 1 is 1.21 bits per heavy atom. The first-order valence-electron chi connectivity index (χ1n) is 7.19. The maximum absolute atomic E-state index is 10.3. The van der Waals surface area contributed by atoms with E-state index in [0.717, 1.165) is 31.5 Å². The van der Waals surface area contributed by atoms with Gasteiger partial charge < -0.3 is 9.84 Å². The van der Waals surface area contributed by atoms with Gasteiger partial charge in [-0.15, -0.1) is 0 Å². The fourth-order valence-electron chi connectivity index (χ4n) is 2.14. The molecule has 0 heterocycles. The molecular formula is C16H27NO2. The molecule has 1 atom stereocenters. The second-order valence-corrected chi connectivity index (χ2v) is 4.89. The van der Waals surface area contributed by atoms with Crippen LogP contribution in [0.25, 0.3) is 0 Å². The van der Waals surface area contributed by atoms with Gasteiger partial charge >= 0.3 is 0 Å². The van der Waals surface area contributed by atoms with Crippen molar-refractivity contribution in [2.45, 2.75) is 32.8 Å². The Bertz CT molecular complexity index is 337. The lowest BCUT2D eigenvalue weighted by Gasteiger charge is -2.23. The Kier molecular flexibility index (Phi) is 7.72. The summed E-state index contributed by atoms with van der Waals surface area (Å²) in [6.45, 7) is 7.43. The summed E-state index contributed by atoms with van der Waals surface area (Å²) in [6, 6.07) is 8.32. The normalized spacial score (nSPS) is 12.9. The van der Waals surface area contributed by atoms with Crippen LogP contribution in [0.5, 0.6) is 0 Å². The minimum Gasteiger partial charge on any atom is -0.387 e. The monoisotopic (exact) mass is 265 g/mol. The lowest BCUT2D eigenvalue weighted by atomic mass is 10.0. The zero-order chi connectivity index (χ0) is 14.1. The van der Waals surface area contributed by atoms with Gasteiger partial charge in [0.25, 0.3) is 0 Å². The highest BCUT2D eigenvalue weighted by Crippen LogP contribution is 2.16. The quantitative estimate of drug-likeness (QED) is 0.745. The van der Waals surface area contributed by atoms with E-state index in [0.29, 0.717) is 13.2 Å². The number of ether oxygens (including phenoxy) is 1. The van der Waals surface area contributed by atoms with E-state index in [2.05, 4.69) is 30.9 Å². The molecule has 0 saturated carbocycles. The first-order chi connectivity index (χ1) is 9.21. The number of aryl methyl sites for hydroxylation is 1. The maximum Gasteiger partial charge on any atom is 0.0916 e. The van der Waals surface area contributed by atoms with E-state index in [1.165, 1.54) is 5.56 Å². The molecule has 3 nitrogen and oxygen atoms in total. The smallest absolute Gasteiger partial charge is 0.0916 e. The lowest BCUT2D eigenvalue weighted by molar-refractivity contribution is 0.0921. The third-order valence-corrected chi connectivity index (χ3v) is 3.39. The molecule has 0 radical (unpaired) electrons. The fraction of sp³-hybridized carbons (Fsp3) is 0.625. The number of methoxy groups -OCH3 is 1. The van der Waals surface area contributed by atoms with Gasteiger partial charge in [-0.1, -0.05) is 44.5 Å². The molecule has 19 heavy (non-hydrogen) atoms. The molecule has 0 fully saturated rings. The number of aliphatic hydroxyl groups is 1. The van der Waals surface area contributed by atoms with E-state index < -0.39 is 6.10 Å². The van der Waals surface area contributed by atoms with Crippen molar-refractivity contribution in [1.29, 1.82) is 0 Å². The second kappa shape index (κ2) is 9.08. The van der Waals surface area contributed by atoms with Crippen LogP contribution in [0, 0.1) is 0 Å². The van der Waals surface area contributed by atoms with Gasteiger partial charge in [-0.2, -0.15) is 0 Å². The summed E-state index contributed by atoms with van der Waals surface area (Å²) in [5.41, 5.74) is 2.33. The molecule has 1 N–H and O–H groups in total. The Labute approximate surface area is 117 Å². The van der Waals surface area contributed by atoms with E-state index in [-0.39, 0.29) is 0 Å². The van der Waals surface area contributed by atoms with Crippen molar-refractivity contribution in [2.75, 3.05) is 33.4 Å². The summed E-state index contributed by atoms with van der Waals surface area (Å²) in [5.74, 6) is 0. The van der Waals surface area contributed by atoms with Crippen molar-refractivity contribution in [3.63, 3.8) is 0 Å². The first-order valence-corrected chi connectivity index (χ1v) is 7.19. The molecule has 0 aromatic heterocycles. The fourth-order valence-corrected chi connectivity index (χ4v) is 2.14. The van der Waals surface area contributed by atoms with E-state index in [9.17, 15) is 5.11 Å². The summed E-state index contributed by atoms with van der Waals surface area (Å²) in [6.07, 6.45) is 1.83. The van der Waals surface area contributed by atoms with Crippen molar-refractivity contribution in [3.8, 4) is 0 Å². The number of likely N-dealkylation sites (N-methyl/N-ethyl adjacent to an activating group) is 1. The summed E-state index contributed by atoms with van der Waals surface area (Å²) in [4.78, 5) is 2.20. The zero-order valence-electron chi connectivity index (χ0n) is 12.4. The maximum atomic E-state index is 10.3. The molecule has 1 aromatic rings. The van der Waals surface area contributed by atoms with Gasteiger partial charge in [-0.3, -0.25) is 4.90 Å². The molecule has 0 aliphatic carbocycles. The highest BCUT2D eigenvalue weighted by atomic mass is 16.5. The number of benzene rings is 1. The standard InChI is InChI=1S/C16H27NO2/c1-4-6-14-7-9-15(10-8-14)16(18)13-17(5-2)11-12-19-3/h7-10,16,18H,4-6,11-13H2,1-3H3. The van der Waals surface area contributed by atoms with Crippen molar-refractivity contribution >= 4 is 0 Å². The van der Waals surface area contributed by atoms with Crippen LogP contribution in [-0.2, 0) is 11.2 Å². The second-order valence-electron chi connectivity index (χ2n) is 4.89. The van der Waals surface area contributed by atoms with Gasteiger partial charge in [-0.25, -0.2) is 0 Å². The largest absolute Gasteiger partial charge is 0.387 e. The van der Waals surface area contributed by atoms with E-state index in [1.807, 2.05) is 12.1 Å². The molecule has 3 heteroatoms. The van der Waals surface area contributed by atoms with E-state index >= 15 is 0 Å². The van der Waals surface area contributed by atoms with Crippen LogP contribution in [0.2, 0.25) is 0 Å². The highest BCUT2D eigenvalue weighted by molar-refractivity contribution is 5.24. The van der Waals surface area contributed by atoms with Gasteiger partial charge in [0.1, 0.15) is 0 Å². The number of nitrogens with zero attached hydrogens (tertiary/aromatic N) is 1. The highest BCUT2D eigenvalue weighted by Gasteiger charge is 2.12. The van der Waals surface area contributed by atoms with Crippen LogP contribution in [0.4, 0.5) is 0 Å². The van der Waals surface area contributed by atoms with Crippen molar-refractivity contribution in [3.05, 3.63) is 35.4 Å². The SMILES string of the molecule is CCCc1ccc(C(O)CN(CC)CCOC)cc1. The minimum atomic E-state index is -0.424. The Hall–Kier alpha value is -0.900. The molecule has 0 saturated heterocycles. The third-order valence-electron chi connectivity index (χ3n) is 3.39. The van der Waals surface area contributed by atoms with Crippen LogP contribution >= 0.6 is 0 Å². The summed E-state index contributed by atoms with van der Waals surface area (Å²) in [5, 5.41) is 10.3. The summed E-state index contributed by atoms with van der Waals surface area (Å²) >= 11 is 0. The molecule has 1 unspecified atom stereocenters. The molecule has 1 rings (SSSR count). The van der Waals surface area contributed by atoms with Crippen molar-refractivity contribution < 1.29 is 9.84 Å². The third kappa shape index (κ3) is 5.72. The zero-order valence-corrected chi connectivity index (χ0v) is 12.4. The average Bonchev–Trinajstić information content (AvgIpc) is 2.44. The van der Waals surface area contributed by atoms with Gasteiger partial charge in [0.15, 0.2) is 0 Å². The molecule has 108 valence electrons. The predicted octanol–water partition coefficient (Wildman–Crippen LogP) is 2.64. The Morgan fingerprint density at radius 3 is 2.42 bits per heavy atom. The molecule has 0 aliphatic rings. The first kappa shape index (κ1) is 16.2.